The molecule has 1 unspecified atom stereocenters. The lowest BCUT2D eigenvalue weighted by molar-refractivity contribution is 0.203. The summed E-state index contributed by atoms with van der Waals surface area (Å²) in [5.41, 5.74) is 0.344. The van der Waals surface area contributed by atoms with E-state index in [1.807, 2.05) is 53.7 Å². The number of rotatable bonds is 12. The summed E-state index contributed by atoms with van der Waals surface area (Å²) in [4.78, 5) is 0. The number of phenols is 1. The molecule has 0 radical (unpaired) electrons. The molecule has 9 heteroatoms. The van der Waals surface area contributed by atoms with Crippen molar-refractivity contribution in [3.05, 3.63) is 28.8 Å². The summed E-state index contributed by atoms with van der Waals surface area (Å²) in [6.45, 7) is 19.7. The molecule has 1 aromatic rings. The molecule has 0 saturated carbocycles. The van der Waals surface area contributed by atoms with Gasteiger partial charge in [-0.3, -0.25) is 9.13 Å². The number of hydrogen-bond acceptors (Lipinski definition) is 7. The van der Waals surface area contributed by atoms with E-state index in [9.17, 15) is 14.2 Å². The first-order valence-corrected chi connectivity index (χ1v) is 15.1. The Balaban J connectivity index is 3.94. The molecule has 0 spiro atoms. The van der Waals surface area contributed by atoms with Crippen molar-refractivity contribution in [2.24, 2.45) is 0 Å². The highest BCUT2D eigenvalue weighted by atomic mass is 31.2. The molecule has 0 aliphatic rings. The molecule has 192 valence electrons. The van der Waals surface area contributed by atoms with E-state index < -0.39 is 31.7 Å². The summed E-state index contributed by atoms with van der Waals surface area (Å²) < 4.78 is 50.1. The van der Waals surface area contributed by atoms with Gasteiger partial charge in [0.15, 0.2) is 0 Å². The molecule has 0 saturated heterocycles. The summed E-state index contributed by atoms with van der Waals surface area (Å²) in [5.74, 6) is 0.206. The van der Waals surface area contributed by atoms with E-state index in [2.05, 4.69) is 0 Å². The summed E-state index contributed by atoms with van der Waals surface area (Å²) >= 11 is 0. The topological polar surface area (TPSA) is 91.3 Å². The van der Waals surface area contributed by atoms with Gasteiger partial charge in [0, 0.05) is 0 Å². The second kappa shape index (κ2) is 11.8. The highest BCUT2D eigenvalue weighted by Gasteiger charge is 2.44. The Morgan fingerprint density at radius 1 is 0.758 bits per heavy atom. The molecule has 1 N–H and O–H groups in total. The minimum atomic E-state index is -3.77. The van der Waals surface area contributed by atoms with Gasteiger partial charge in [0.25, 0.3) is 0 Å². The summed E-state index contributed by atoms with van der Waals surface area (Å²) in [6.07, 6.45) is -0.163. The SMILES string of the molecule is CCOP(=O)(CC(c1cc(C(C)(C)C)c(O)c(C(C)(C)C)c1)P(=O)(OCC)OCC)OCC. The van der Waals surface area contributed by atoms with Gasteiger partial charge in [0.1, 0.15) is 5.75 Å². The lowest BCUT2D eigenvalue weighted by Gasteiger charge is -2.33. The van der Waals surface area contributed by atoms with E-state index in [1.54, 1.807) is 27.7 Å². The number of aromatic hydroxyl groups is 1. The Bertz CT molecular complexity index is 814. The van der Waals surface area contributed by atoms with Crippen LogP contribution in [-0.4, -0.2) is 37.7 Å². The monoisotopic (exact) mass is 506 g/mol. The Hall–Kier alpha value is -0.680. The maximum Gasteiger partial charge on any atom is 0.338 e. The Morgan fingerprint density at radius 2 is 1.12 bits per heavy atom. The molecule has 0 aliphatic heterocycles. The molecule has 0 bridgehead atoms. The molecule has 7 nitrogen and oxygen atoms in total. The maximum atomic E-state index is 14.1. The van der Waals surface area contributed by atoms with Crippen LogP contribution in [0.4, 0.5) is 0 Å². The second-order valence-electron chi connectivity index (χ2n) is 9.98. The van der Waals surface area contributed by atoms with Crippen LogP contribution in [0.1, 0.15) is 91.6 Å². The minimum absolute atomic E-state index is 0.163. The van der Waals surface area contributed by atoms with Gasteiger partial charge in [-0.05, 0) is 55.2 Å². The van der Waals surface area contributed by atoms with Crippen molar-refractivity contribution >= 4 is 15.2 Å². The molecule has 0 fully saturated rings. The van der Waals surface area contributed by atoms with Gasteiger partial charge in [0.05, 0.1) is 38.2 Å². The van der Waals surface area contributed by atoms with Crippen LogP contribution < -0.4 is 0 Å². The molecule has 0 aromatic heterocycles. The van der Waals surface area contributed by atoms with E-state index in [1.165, 1.54) is 0 Å². The third-order valence-corrected chi connectivity index (χ3v) is 10.1. The van der Waals surface area contributed by atoms with Crippen LogP contribution in [-0.2, 0) is 38.1 Å². The smallest absolute Gasteiger partial charge is 0.338 e. The molecule has 33 heavy (non-hydrogen) atoms. The third kappa shape index (κ3) is 7.92. The summed E-state index contributed by atoms with van der Waals surface area (Å²) in [6, 6.07) is 3.64. The average Bonchev–Trinajstić information content (AvgIpc) is 2.65. The van der Waals surface area contributed by atoms with Crippen molar-refractivity contribution in [2.45, 2.75) is 85.7 Å². The molecule has 0 aliphatic carbocycles. The lowest BCUT2D eigenvalue weighted by atomic mass is 9.78. The van der Waals surface area contributed by atoms with Gasteiger partial charge in [-0.25, -0.2) is 0 Å². The Morgan fingerprint density at radius 3 is 1.42 bits per heavy atom. The van der Waals surface area contributed by atoms with Crippen molar-refractivity contribution in [3.8, 4) is 5.75 Å². The zero-order valence-electron chi connectivity index (χ0n) is 22.1. The standard InChI is InChI=1S/C24H44O7P2/c1-11-28-32(26,29-12-2)17-21(33(27,30-13-3)31-14-4)18-15-19(23(5,6)7)22(25)20(16-18)24(8,9)10/h15-16,21,25H,11-14,17H2,1-10H3. The molecular weight excluding hydrogens is 462 g/mol. The highest BCUT2D eigenvalue weighted by Crippen LogP contribution is 2.67. The highest BCUT2D eigenvalue weighted by molar-refractivity contribution is 7.58. The van der Waals surface area contributed by atoms with Gasteiger partial charge in [-0.15, -0.1) is 0 Å². The lowest BCUT2D eigenvalue weighted by Crippen LogP contribution is -2.20. The van der Waals surface area contributed by atoms with Gasteiger partial charge in [-0.1, -0.05) is 53.7 Å². The van der Waals surface area contributed by atoms with Gasteiger partial charge >= 0.3 is 15.2 Å². The van der Waals surface area contributed by atoms with E-state index in [4.69, 9.17) is 18.1 Å². The number of phenolic OH excluding ortho intramolecular Hbond substituents is 1. The Labute approximate surface area is 200 Å². The van der Waals surface area contributed by atoms with E-state index >= 15 is 0 Å². The van der Waals surface area contributed by atoms with Gasteiger partial charge in [0.2, 0.25) is 0 Å². The van der Waals surface area contributed by atoms with Crippen LogP contribution in [0.2, 0.25) is 0 Å². The fourth-order valence-corrected chi connectivity index (χ4v) is 8.48. The quantitative estimate of drug-likeness (QED) is 0.292. The van der Waals surface area contributed by atoms with E-state index in [0.29, 0.717) is 16.7 Å². The first-order chi connectivity index (χ1) is 15.1. The molecule has 1 atom stereocenters. The van der Waals surface area contributed by atoms with Crippen LogP contribution in [0.5, 0.6) is 5.75 Å². The van der Waals surface area contributed by atoms with E-state index in [-0.39, 0.29) is 38.3 Å². The van der Waals surface area contributed by atoms with Crippen LogP contribution in [0.3, 0.4) is 0 Å². The third-order valence-electron chi connectivity index (χ3n) is 5.18. The fourth-order valence-electron chi connectivity index (χ4n) is 3.71. The predicted octanol–water partition coefficient (Wildman–Crippen LogP) is 7.56. The maximum absolute atomic E-state index is 14.1. The second-order valence-corrected chi connectivity index (χ2v) is 14.3. The zero-order valence-corrected chi connectivity index (χ0v) is 23.8. The fraction of sp³-hybridized carbons (Fsp3) is 0.750. The molecule has 0 amide bonds. The molecular formula is C24H44O7P2. The summed E-state index contributed by atoms with van der Waals surface area (Å²) in [5, 5.41) is 11.1. The predicted molar refractivity (Wildman–Crippen MR) is 135 cm³/mol. The van der Waals surface area contributed by atoms with Crippen molar-refractivity contribution in [3.63, 3.8) is 0 Å². The number of benzene rings is 1. The van der Waals surface area contributed by atoms with Crippen LogP contribution in [0.25, 0.3) is 0 Å². The average molecular weight is 507 g/mol. The van der Waals surface area contributed by atoms with Crippen molar-refractivity contribution < 1.29 is 32.3 Å². The Kier molecular flexibility index (Phi) is 10.9. The largest absolute Gasteiger partial charge is 0.507 e. The number of hydrogen-bond donors (Lipinski definition) is 1. The minimum Gasteiger partial charge on any atom is -0.507 e. The van der Waals surface area contributed by atoms with Crippen molar-refractivity contribution in [1.29, 1.82) is 0 Å². The van der Waals surface area contributed by atoms with Crippen LogP contribution in [0, 0.1) is 0 Å². The van der Waals surface area contributed by atoms with Crippen LogP contribution in [0.15, 0.2) is 12.1 Å². The first kappa shape index (κ1) is 30.4. The van der Waals surface area contributed by atoms with Crippen molar-refractivity contribution in [2.75, 3.05) is 32.6 Å². The van der Waals surface area contributed by atoms with Gasteiger partial charge < -0.3 is 23.2 Å². The normalized spacial score (nSPS) is 14.5. The van der Waals surface area contributed by atoms with Gasteiger partial charge in [-0.2, -0.15) is 0 Å². The molecule has 0 heterocycles. The van der Waals surface area contributed by atoms with Crippen LogP contribution >= 0.6 is 15.2 Å². The summed E-state index contributed by atoms with van der Waals surface area (Å²) in [7, 11) is -7.37. The molecule has 1 aromatic carbocycles. The zero-order chi connectivity index (χ0) is 25.7. The molecule has 1 rings (SSSR count). The van der Waals surface area contributed by atoms with E-state index in [0.717, 1.165) is 0 Å². The van der Waals surface area contributed by atoms with Crippen molar-refractivity contribution in [1.82, 2.24) is 0 Å². The first-order valence-electron chi connectivity index (χ1n) is 11.7.